The summed E-state index contributed by atoms with van der Waals surface area (Å²) in [7, 11) is 0. The number of para-hydroxylation sites is 1. The molecule has 0 aliphatic carbocycles. The van der Waals surface area contributed by atoms with Crippen molar-refractivity contribution in [1.82, 2.24) is 5.32 Å². The largest absolute Gasteiger partial charge is 0.480 e. The van der Waals surface area contributed by atoms with E-state index in [2.05, 4.69) is 5.32 Å². The lowest BCUT2D eigenvalue weighted by Crippen LogP contribution is -2.37. The van der Waals surface area contributed by atoms with Crippen molar-refractivity contribution >= 4 is 11.9 Å². The first kappa shape index (κ1) is 17.9. The van der Waals surface area contributed by atoms with Crippen LogP contribution in [-0.2, 0) is 9.53 Å². The highest BCUT2D eigenvalue weighted by Gasteiger charge is 2.41. The zero-order valence-corrected chi connectivity index (χ0v) is 13.9. The van der Waals surface area contributed by atoms with E-state index in [9.17, 15) is 14.7 Å². The Hall–Kier alpha value is -2.90. The van der Waals surface area contributed by atoms with Gasteiger partial charge in [0.1, 0.15) is 29.7 Å². The average Bonchev–Trinajstić information content (AvgIpc) is 3.04. The minimum absolute atomic E-state index is 0.0144. The van der Waals surface area contributed by atoms with Gasteiger partial charge in [-0.25, -0.2) is 4.79 Å². The predicted octanol–water partition coefficient (Wildman–Crippen LogP) is 1.81. The fourth-order valence-corrected chi connectivity index (χ4v) is 2.69. The van der Waals surface area contributed by atoms with Crippen LogP contribution in [0.25, 0.3) is 0 Å². The molecule has 3 rings (SSSR count). The van der Waals surface area contributed by atoms with E-state index in [1.165, 1.54) is 0 Å². The first-order valence-corrected chi connectivity index (χ1v) is 8.14. The van der Waals surface area contributed by atoms with E-state index in [1.54, 1.807) is 24.3 Å². The predicted molar refractivity (Wildman–Crippen MR) is 92.2 cm³/mol. The monoisotopic (exact) mass is 357 g/mol. The number of ether oxygens (including phenoxy) is 2. The van der Waals surface area contributed by atoms with Crippen LogP contribution in [-0.4, -0.2) is 46.9 Å². The third-order valence-electron chi connectivity index (χ3n) is 4.10. The number of carbonyl (C=O) groups excluding carboxylic acids is 1. The number of carboxylic acids is 1. The molecule has 1 aliphatic rings. The molecule has 7 heteroatoms. The second kappa shape index (κ2) is 7.55. The minimum atomic E-state index is -1.38. The molecule has 1 heterocycles. The van der Waals surface area contributed by atoms with Crippen LogP contribution in [0.3, 0.4) is 0 Å². The van der Waals surface area contributed by atoms with Crippen LogP contribution in [0.4, 0.5) is 0 Å². The Bertz CT molecular complexity index is 776. The van der Waals surface area contributed by atoms with Gasteiger partial charge in [-0.2, -0.15) is 0 Å². The van der Waals surface area contributed by atoms with Crippen LogP contribution in [0.15, 0.2) is 54.6 Å². The fourth-order valence-electron chi connectivity index (χ4n) is 2.69. The van der Waals surface area contributed by atoms with E-state index in [4.69, 9.17) is 14.6 Å². The van der Waals surface area contributed by atoms with Gasteiger partial charge in [0.15, 0.2) is 0 Å². The van der Waals surface area contributed by atoms with Crippen molar-refractivity contribution in [3.8, 4) is 11.5 Å². The number of benzene rings is 2. The van der Waals surface area contributed by atoms with Gasteiger partial charge in [0.05, 0.1) is 5.56 Å². The molecule has 7 nitrogen and oxygen atoms in total. The molecule has 2 aromatic carbocycles. The Morgan fingerprint density at radius 1 is 1.08 bits per heavy atom. The van der Waals surface area contributed by atoms with Gasteiger partial charge < -0.3 is 25.0 Å². The summed E-state index contributed by atoms with van der Waals surface area (Å²) in [5.41, 5.74) is -1.07. The van der Waals surface area contributed by atoms with Crippen LogP contribution in [0, 0.1) is 0 Å². The van der Waals surface area contributed by atoms with Crippen molar-refractivity contribution in [2.75, 3.05) is 13.2 Å². The molecule has 0 aromatic heterocycles. The summed E-state index contributed by atoms with van der Waals surface area (Å²) in [4.78, 5) is 23.0. The third kappa shape index (κ3) is 4.38. The van der Waals surface area contributed by atoms with Crippen molar-refractivity contribution < 1.29 is 29.3 Å². The molecule has 0 radical (unpaired) electrons. The summed E-state index contributed by atoms with van der Waals surface area (Å²) < 4.78 is 10.8. The molecule has 0 saturated carbocycles. The second-order valence-corrected chi connectivity index (χ2v) is 6.22. The van der Waals surface area contributed by atoms with Crippen molar-refractivity contribution in [3.63, 3.8) is 0 Å². The number of hydrogen-bond acceptors (Lipinski definition) is 6. The highest BCUT2D eigenvalue weighted by molar-refractivity contribution is 5.89. The molecular weight excluding hydrogens is 338 g/mol. The zero-order chi connectivity index (χ0) is 18.6. The number of carbonyl (C=O) groups is 2. The van der Waals surface area contributed by atoms with Crippen LogP contribution in [0.2, 0.25) is 0 Å². The quantitative estimate of drug-likeness (QED) is 0.677. The molecule has 26 heavy (non-hydrogen) atoms. The fraction of sp³-hybridized carbons (Fsp3) is 0.263. The number of aliphatic hydroxyl groups is 1. The molecule has 0 bridgehead atoms. The molecule has 1 fully saturated rings. The van der Waals surface area contributed by atoms with Gasteiger partial charge in [0.25, 0.3) is 0 Å². The summed E-state index contributed by atoms with van der Waals surface area (Å²) >= 11 is 0. The molecule has 3 N–H and O–H groups in total. The summed E-state index contributed by atoms with van der Waals surface area (Å²) in [6.45, 7) is -0.216. The van der Waals surface area contributed by atoms with Gasteiger partial charge in [-0.05, 0) is 36.4 Å². The number of carboxylic acid groups (broad SMARTS) is 1. The Morgan fingerprint density at radius 3 is 2.35 bits per heavy atom. The highest BCUT2D eigenvalue weighted by atomic mass is 16.5. The molecular formula is C19H19NO6. The first-order chi connectivity index (χ1) is 12.5. The van der Waals surface area contributed by atoms with Crippen LogP contribution >= 0.6 is 0 Å². The van der Waals surface area contributed by atoms with Gasteiger partial charge >= 0.3 is 11.9 Å². The average molecular weight is 357 g/mol. The Kier molecular flexibility index (Phi) is 5.20. The van der Waals surface area contributed by atoms with Gasteiger partial charge in [0.2, 0.25) is 0 Å². The summed E-state index contributed by atoms with van der Waals surface area (Å²) in [6.07, 6.45) is -0.0144. The van der Waals surface area contributed by atoms with Gasteiger partial charge in [-0.3, -0.25) is 4.79 Å². The maximum Gasteiger partial charge on any atom is 0.338 e. The lowest BCUT2D eigenvalue weighted by Gasteiger charge is -2.20. The smallest absolute Gasteiger partial charge is 0.338 e. The summed E-state index contributed by atoms with van der Waals surface area (Å²) in [5, 5.41) is 21.9. The van der Waals surface area contributed by atoms with E-state index >= 15 is 0 Å². The number of nitrogens with one attached hydrogen (secondary N) is 1. The molecule has 2 atom stereocenters. The number of esters is 1. The SMILES string of the molecule is O=C(OC[C@]1(O)CN[C@H](C(=O)O)C1)c1ccc(Oc2ccccc2)cc1. The number of β-amino-alcohol motifs (C(OH)–C–C–N with tert-alkyl or cyclic N) is 1. The third-order valence-corrected chi connectivity index (χ3v) is 4.10. The van der Waals surface area contributed by atoms with Crippen molar-refractivity contribution in [1.29, 1.82) is 0 Å². The molecule has 1 saturated heterocycles. The van der Waals surface area contributed by atoms with E-state index in [0.29, 0.717) is 17.1 Å². The Morgan fingerprint density at radius 2 is 1.73 bits per heavy atom. The minimum Gasteiger partial charge on any atom is -0.480 e. The van der Waals surface area contributed by atoms with Crippen molar-refractivity contribution in [2.24, 2.45) is 0 Å². The maximum atomic E-state index is 12.1. The zero-order valence-electron chi connectivity index (χ0n) is 13.9. The Balaban J connectivity index is 1.54. The van der Waals surface area contributed by atoms with Crippen LogP contribution in [0.1, 0.15) is 16.8 Å². The highest BCUT2D eigenvalue weighted by Crippen LogP contribution is 2.23. The molecule has 0 spiro atoms. The lowest BCUT2D eigenvalue weighted by molar-refractivity contribution is -0.139. The standard InChI is InChI=1S/C19H19NO6/c21-17(22)16-10-19(24,11-20-16)12-25-18(23)13-6-8-15(9-7-13)26-14-4-2-1-3-5-14/h1-9,16,20,24H,10-12H2,(H,21,22)/t16-,19+/m0/s1. The van der Waals surface area contributed by atoms with E-state index in [0.717, 1.165) is 0 Å². The summed E-state index contributed by atoms with van der Waals surface area (Å²) in [5.74, 6) is -0.368. The molecule has 0 amide bonds. The number of hydrogen-bond donors (Lipinski definition) is 3. The number of aliphatic carboxylic acids is 1. The van der Waals surface area contributed by atoms with E-state index in [1.807, 2.05) is 30.3 Å². The lowest BCUT2D eigenvalue weighted by atomic mass is 10.0. The van der Waals surface area contributed by atoms with Crippen molar-refractivity contribution in [2.45, 2.75) is 18.1 Å². The molecule has 1 aliphatic heterocycles. The van der Waals surface area contributed by atoms with Crippen LogP contribution in [0.5, 0.6) is 11.5 Å². The van der Waals surface area contributed by atoms with Crippen LogP contribution < -0.4 is 10.1 Å². The maximum absolute atomic E-state index is 12.1. The van der Waals surface area contributed by atoms with Gasteiger partial charge in [0, 0.05) is 13.0 Å². The van der Waals surface area contributed by atoms with Gasteiger partial charge in [-0.15, -0.1) is 0 Å². The second-order valence-electron chi connectivity index (χ2n) is 6.22. The topological polar surface area (TPSA) is 105 Å². The first-order valence-electron chi connectivity index (χ1n) is 8.14. The molecule has 2 aromatic rings. The molecule has 136 valence electrons. The molecule has 0 unspecified atom stereocenters. The normalized spacial score (nSPS) is 22.0. The number of rotatable bonds is 6. The van der Waals surface area contributed by atoms with Gasteiger partial charge in [-0.1, -0.05) is 18.2 Å². The summed E-state index contributed by atoms with van der Waals surface area (Å²) in [6, 6.07) is 14.8. The van der Waals surface area contributed by atoms with E-state index < -0.39 is 23.6 Å². The van der Waals surface area contributed by atoms with E-state index in [-0.39, 0.29) is 19.6 Å². The van der Waals surface area contributed by atoms with Crippen molar-refractivity contribution in [3.05, 3.63) is 60.2 Å². The Labute approximate surface area is 150 Å².